The Balaban J connectivity index is 2.31. The van der Waals surface area contributed by atoms with Crippen molar-refractivity contribution >= 4 is 17.3 Å². The van der Waals surface area contributed by atoms with Crippen LogP contribution in [0.4, 0.5) is 5.69 Å². The minimum Gasteiger partial charge on any atom is -0.369 e. The van der Waals surface area contributed by atoms with Gasteiger partial charge >= 0.3 is 0 Å². The Morgan fingerprint density at radius 1 is 1.33 bits per heavy atom. The summed E-state index contributed by atoms with van der Waals surface area (Å²) in [6.07, 6.45) is 5.37. The van der Waals surface area contributed by atoms with Gasteiger partial charge in [0.25, 0.3) is 0 Å². The second-order valence-electron chi connectivity index (χ2n) is 4.99. The van der Waals surface area contributed by atoms with Crippen LogP contribution in [0.5, 0.6) is 0 Å². The van der Waals surface area contributed by atoms with Crippen molar-refractivity contribution in [2.24, 2.45) is 0 Å². The van der Waals surface area contributed by atoms with Gasteiger partial charge in [0.1, 0.15) is 0 Å². The molecule has 0 heterocycles. The molecule has 1 N–H and O–H groups in total. The molecule has 2 nitrogen and oxygen atoms in total. The van der Waals surface area contributed by atoms with Gasteiger partial charge in [0.2, 0.25) is 0 Å². The first-order chi connectivity index (χ1) is 8.77. The lowest BCUT2D eigenvalue weighted by atomic mass is 10.1. The number of rotatable bonds is 5. The van der Waals surface area contributed by atoms with E-state index in [1.807, 2.05) is 13.1 Å². The molecule has 1 aliphatic carbocycles. The van der Waals surface area contributed by atoms with Crippen LogP contribution < -0.4 is 10.2 Å². The van der Waals surface area contributed by atoms with E-state index in [1.165, 1.54) is 36.9 Å². The zero-order valence-electron chi connectivity index (χ0n) is 11.4. The molecule has 2 rings (SSSR count). The van der Waals surface area contributed by atoms with Gasteiger partial charge in [0.15, 0.2) is 0 Å². The molecule has 0 spiro atoms. The lowest BCUT2D eigenvalue weighted by Crippen LogP contribution is -2.34. The minimum absolute atomic E-state index is 0.698. The maximum atomic E-state index is 6.35. The minimum atomic E-state index is 0.698. The van der Waals surface area contributed by atoms with Crippen LogP contribution in [-0.2, 0) is 6.54 Å². The van der Waals surface area contributed by atoms with E-state index in [1.54, 1.807) is 0 Å². The van der Waals surface area contributed by atoms with Gasteiger partial charge in [-0.15, -0.1) is 0 Å². The Bertz CT molecular complexity index is 386. The van der Waals surface area contributed by atoms with Gasteiger partial charge in [0, 0.05) is 35.4 Å². The first kappa shape index (κ1) is 13.7. The summed E-state index contributed by atoms with van der Waals surface area (Å²) in [5.74, 6) is 0. The lowest BCUT2D eigenvalue weighted by molar-refractivity contribution is 0.616. The van der Waals surface area contributed by atoms with Gasteiger partial charge < -0.3 is 10.2 Å². The van der Waals surface area contributed by atoms with Crippen LogP contribution in [0.1, 0.15) is 38.2 Å². The summed E-state index contributed by atoms with van der Waals surface area (Å²) in [5, 5.41) is 4.10. The largest absolute Gasteiger partial charge is 0.369 e. The highest BCUT2D eigenvalue weighted by atomic mass is 35.5. The maximum Gasteiger partial charge on any atom is 0.0471 e. The standard InChI is InChI=1S/C15H23ClN2/c1-3-18(12-7-4-5-8-12)15-10-6-9-14(16)13(15)11-17-2/h6,9-10,12,17H,3-5,7-8,11H2,1-2H3. The van der Waals surface area contributed by atoms with Crippen LogP contribution in [0.15, 0.2) is 18.2 Å². The predicted octanol–water partition coefficient (Wildman–Crippen LogP) is 3.83. The number of benzene rings is 1. The Labute approximate surface area is 115 Å². The van der Waals surface area contributed by atoms with Gasteiger partial charge in [-0.05, 0) is 38.9 Å². The predicted molar refractivity (Wildman–Crippen MR) is 79.5 cm³/mol. The quantitative estimate of drug-likeness (QED) is 0.871. The van der Waals surface area contributed by atoms with E-state index in [9.17, 15) is 0 Å². The molecule has 0 amide bonds. The third kappa shape index (κ3) is 2.81. The maximum absolute atomic E-state index is 6.35. The van der Waals surface area contributed by atoms with E-state index in [0.29, 0.717) is 6.04 Å². The SMILES string of the molecule is CCN(c1cccc(Cl)c1CNC)C1CCCC1. The van der Waals surface area contributed by atoms with Crippen LogP contribution in [-0.4, -0.2) is 19.6 Å². The van der Waals surface area contributed by atoms with Crippen molar-refractivity contribution in [3.05, 3.63) is 28.8 Å². The van der Waals surface area contributed by atoms with E-state index in [4.69, 9.17) is 11.6 Å². The van der Waals surface area contributed by atoms with Gasteiger partial charge in [-0.3, -0.25) is 0 Å². The van der Waals surface area contributed by atoms with Gasteiger partial charge in [-0.1, -0.05) is 30.5 Å². The average Bonchev–Trinajstić information content (AvgIpc) is 2.88. The van der Waals surface area contributed by atoms with Crippen LogP contribution >= 0.6 is 11.6 Å². The first-order valence-corrected chi connectivity index (χ1v) is 7.34. The molecule has 18 heavy (non-hydrogen) atoms. The van der Waals surface area contributed by atoms with Crippen LogP contribution in [0.25, 0.3) is 0 Å². The van der Waals surface area contributed by atoms with Crippen molar-refractivity contribution in [1.29, 1.82) is 0 Å². The van der Waals surface area contributed by atoms with E-state index in [0.717, 1.165) is 18.1 Å². The van der Waals surface area contributed by atoms with Gasteiger partial charge in [-0.2, -0.15) is 0 Å². The molecule has 1 fully saturated rings. The lowest BCUT2D eigenvalue weighted by Gasteiger charge is -2.32. The highest BCUT2D eigenvalue weighted by Crippen LogP contribution is 2.33. The first-order valence-electron chi connectivity index (χ1n) is 6.96. The van der Waals surface area contributed by atoms with E-state index >= 15 is 0 Å². The Kier molecular flexibility index (Phi) is 4.90. The number of halogens is 1. The molecule has 0 unspecified atom stereocenters. The van der Waals surface area contributed by atoms with Crippen molar-refractivity contribution < 1.29 is 0 Å². The molecule has 0 atom stereocenters. The monoisotopic (exact) mass is 266 g/mol. The Morgan fingerprint density at radius 2 is 2.06 bits per heavy atom. The number of hydrogen-bond acceptors (Lipinski definition) is 2. The second kappa shape index (κ2) is 6.44. The third-order valence-corrected chi connectivity index (χ3v) is 4.22. The fourth-order valence-electron chi connectivity index (χ4n) is 3.01. The normalized spacial score (nSPS) is 16.2. The van der Waals surface area contributed by atoms with Crippen LogP contribution in [0, 0.1) is 0 Å². The molecule has 0 aromatic heterocycles. The number of anilines is 1. The van der Waals surface area contributed by atoms with Crippen LogP contribution in [0.3, 0.4) is 0 Å². The molecular weight excluding hydrogens is 244 g/mol. The van der Waals surface area contributed by atoms with Crippen molar-refractivity contribution in [3.63, 3.8) is 0 Å². The van der Waals surface area contributed by atoms with Gasteiger partial charge in [0.05, 0.1) is 0 Å². The topological polar surface area (TPSA) is 15.3 Å². The summed E-state index contributed by atoms with van der Waals surface area (Å²) in [7, 11) is 1.97. The highest BCUT2D eigenvalue weighted by Gasteiger charge is 2.23. The zero-order valence-corrected chi connectivity index (χ0v) is 12.1. The van der Waals surface area contributed by atoms with E-state index < -0.39 is 0 Å². The van der Waals surface area contributed by atoms with Crippen molar-refractivity contribution in [3.8, 4) is 0 Å². The molecule has 1 aliphatic rings. The van der Waals surface area contributed by atoms with Crippen molar-refractivity contribution in [2.75, 3.05) is 18.5 Å². The molecule has 0 radical (unpaired) electrons. The molecule has 0 aliphatic heterocycles. The molecule has 1 aromatic carbocycles. The fraction of sp³-hybridized carbons (Fsp3) is 0.600. The summed E-state index contributed by atoms with van der Waals surface area (Å²) in [5.41, 5.74) is 2.54. The smallest absolute Gasteiger partial charge is 0.0471 e. The highest BCUT2D eigenvalue weighted by molar-refractivity contribution is 6.31. The van der Waals surface area contributed by atoms with Crippen LogP contribution in [0.2, 0.25) is 5.02 Å². The van der Waals surface area contributed by atoms with Crippen molar-refractivity contribution in [1.82, 2.24) is 5.32 Å². The molecule has 0 bridgehead atoms. The summed E-state index contributed by atoms with van der Waals surface area (Å²) in [6, 6.07) is 6.96. The number of nitrogens with zero attached hydrogens (tertiary/aromatic N) is 1. The molecule has 0 saturated heterocycles. The second-order valence-corrected chi connectivity index (χ2v) is 5.40. The molecule has 1 aromatic rings. The number of nitrogens with one attached hydrogen (secondary N) is 1. The average molecular weight is 267 g/mol. The third-order valence-electron chi connectivity index (χ3n) is 3.86. The van der Waals surface area contributed by atoms with E-state index in [-0.39, 0.29) is 0 Å². The van der Waals surface area contributed by atoms with E-state index in [2.05, 4.69) is 29.3 Å². The summed E-state index contributed by atoms with van der Waals surface area (Å²) in [6.45, 7) is 4.13. The summed E-state index contributed by atoms with van der Waals surface area (Å²) >= 11 is 6.35. The molecule has 100 valence electrons. The molecule has 3 heteroatoms. The fourth-order valence-corrected chi connectivity index (χ4v) is 3.25. The Hall–Kier alpha value is -0.730. The summed E-state index contributed by atoms with van der Waals surface area (Å²) < 4.78 is 0. The number of hydrogen-bond donors (Lipinski definition) is 1. The summed E-state index contributed by atoms with van der Waals surface area (Å²) in [4.78, 5) is 2.53. The molecular formula is C15H23ClN2. The molecule has 1 saturated carbocycles. The Morgan fingerprint density at radius 3 is 2.67 bits per heavy atom. The van der Waals surface area contributed by atoms with Crippen molar-refractivity contribution in [2.45, 2.75) is 45.2 Å². The zero-order chi connectivity index (χ0) is 13.0. The van der Waals surface area contributed by atoms with Gasteiger partial charge in [-0.25, -0.2) is 0 Å².